The van der Waals surface area contributed by atoms with Crippen molar-refractivity contribution in [3.05, 3.63) is 41.5 Å². The summed E-state index contributed by atoms with van der Waals surface area (Å²) in [5, 5.41) is 0. The van der Waals surface area contributed by atoms with Crippen LogP contribution in [-0.4, -0.2) is 0 Å². The third-order valence-electron chi connectivity index (χ3n) is 2.84. The summed E-state index contributed by atoms with van der Waals surface area (Å²) < 4.78 is 0. The van der Waals surface area contributed by atoms with E-state index in [9.17, 15) is 0 Å². The molecule has 0 bridgehead atoms. The standard InChI is InChI=1S/C14H17.ClH.Zn/c1-11-4-6-12(7-5-11)13-8-9-14(2,3)10-13;;/h4-7H,9-10H2,1-3H3;1H;/q-1;;+2/p-1. The first-order valence-corrected chi connectivity index (χ1v) is 9.40. The predicted molar refractivity (Wildman–Crippen MR) is 66.7 cm³/mol. The van der Waals surface area contributed by atoms with E-state index in [1.54, 1.807) is 0 Å². The second-order valence-corrected chi connectivity index (χ2v) is 5.04. The normalized spacial score (nSPS) is 17.5. The van der Waals surface area contributed by atoms with E-state index in [1.807, 2.05) is 0 Å². The Labute approximate surface area is 113 Å². The van der Waals surface area contributed by atoms with Gasteiger partial charge in [-0.1, -0.05) is 38.0 Å². The van der Waals surface area contributed by atoms with E-state index in [0.29, 0.717) is 5.41 Å². The number of rotatable bonds is 1. The maximum atomic E-state index is 4.76. The summed E-state index contributed by atoms with van der Waals surface area (Å²) in [6.45, 7) is 6.74. The van der Waals surface area contributed by atoms with E-state index < -0.39 is 0 Å². The molecule has 0 radical (unpaired) electrons. The molecule has 82 valence electrons. The third kappa shape index (κ3) is 3.72. The van der Waals surface area contributed by atoms with Gasteiger partial charge >= 0.3 is 27.0 Å². The fraction of sp³-hybridized carbons (Fsp3) is 0.429. The van der Waals surface area contributed by atoms with Gasteiger partial charge < -0.3 is 0 Å². The molecule has 0 amide bonds. The molecule has 0 unspecified atom stereocenters. The minimum absolute atomic E-state index is 0.417. The molecule has 2 rings (SSSR count). The van der Waals surface area contributed by atoms with E-state index >= 15 is 0 Å². The van der Waals surface area contributed by atoms with Crippen LogP contribution < -0.4 is 0 Å². The number of allylic oxidation sites excluding steroid dienone is 2. The maximum absolute atomic E-state index is 4.76. The molecular weight excluding hydrogens is 269 g/mol. The van der Waals surface area contributed by atoms with Crippen LogP contribution in [0.25, 0.3) is 5.57 Å². The molecule has 0 spiro atoms. The van der Waals surface area contributed by atoms with E-state index in [4.69, 9.17) is 9.69 Å². The molecule has 1 aromatic rings. The molecule has 1 aromatic carbocycles. The second kappa shape index (κ2) is 5.98. The number of hydrogen-bond acceptors (Lipinski definition) is 0. The monoisotopic (exact) mass is 284 g/mol. The Morgan fingerprint density at radius 3 is 2.19 bits per heavy atom. The molecule has 1 aliphatic carbocycles. The third-order valence-corrected chi connectivity index (χ3v) is 2.84. The average molecular weight is 286 g/mol. The molecule has 0 aliphatic heterocycles. The van der Waals surface area contributed by atoms with Gasteiger partial charge in [-0.15, -0.1) is 18.6 Å². The number of aryl methyl sites for hydroxylation is 1. The second-order valence-electron chi connectivity index (χ2n) is 5.04. The van der Waals surface area contributed by atoms with Crippen molar-refractivity contribution in [1.82, 2.24) is 0 Å². The molecule has 0 atom stereocenters. The molecule has 0 nitrogen and oxygen atoms in total. The summed E-state index contributed by atoms with van der Waals surface area (Å²) in [5.74, 6) is 0. The topological polar surface area (TPSA) is 0 Å². The van der Waals surface area contributed by atoms with Crippen molar-refractivity contribution < 1.29 is 17.3 Å². The number of hydrogen-bond donors (Lipinski definition) is 0. The molecule has 2 heteroatoms. The quantitative estimate of drug-likeness (QED) is 0.519. The predicted octanol–water partition coefficient (Wildman–Crippen LogP) is 4.69. The first-order chi connectivity index (χ1) is 7.57. The van der Waals surface area contributed by atoms with Crippen LogP contribution in [0, 0.1) is 18.4 Å². The van der Waals surface area contributed by atoms with E-state index in [2.05, 4.69) is 51.1 Å². The van der Waals surface area contributed by atoms with Crippen LogP contribution in [0.2, 0.25) is 0 Å². The van der Waals surface area contributed by atoms with Gasteiger partial charge in [-0.3, -0.25) is 6.08 Å². The van der Waals surface area contributed by atoms with Crippen LogP contribution in [0.1, 0.15) is 37.8 Å². The van der Waals surface area contributed by atoms with E-state index in [-0.39, 0.29) is 0 Å². The van der Waals surface area contributed by atoms with Gasteiger partial charge in [-0.2, -0.15) is 5.56 Å². The molecule has 16 heavy (non-hydrogen) atoms. The first-order valence-electron chi connectivity index (χ1n) is 5.50. The Morgan fingerprint density at radius 2 is 1.75 bits per heavy atom. The Bertz CT molecular complexity index is 363. The Morgan fingerprint density at radius 1 is 1.19 bits per heavy atom. The van der Waals surface area contributed by atoms with Crippen molar-refractivity contribution in [2.24, 2.45) is 5.41 Å². The van der Waals surface area contributed by atoms with Crippen LogP contribution in [0.15, 0.2) is 24.3 Å². The minimum atomic E-state index is 0.417. The zero-order valence-corrected chi connectivity index (χ0v) is 14.0. The van der Waals surface area contributed by atoms with Crippen LogP contribution >= 0.6 is 9.69 Å². The van der Waals surface area contributed by atoms with Crippen molar-refractivity contribution >= 4 is 15.3 Å². The van der Waals surface area contributed by atoms with Gasteiger partial charge in [-0.25, -0.2) is 5.57 Å². The van der Waals surface area contributed by atoms with Crippen molar-refractivity contribution in [2.75, 3.05) is 0 Å². The summed E-state index contributed by atoms with van der Waals surface area (Å²) in [6, 6.07) is 8.77. The zero-order valence-electron chi connectivity index (χ0n) is 10.3. The van der Waals surface area contributed by atoms with Crippen LogP contribution in [-0.2, 0) is 17.3 Å². The SMILES string of the molecule is Cc1ccc(C2=[C-]CC(C)(C)C2)cc1.[Cl][Zn+]. The zero-order chi connectivity index (χ0) is 12.2. The number of benzene rings is 1. The fourth-order valence-corrected chi connectivity index (χ4v) is 1.91. The van der Waals surface area contributed by atoms with Gasteiger partial charge in [-0.05, 0) is 12.3 Å². The molecule has 1 aliphatic rings. The van der Waals surface area contributed by atoms with Crippen molar-refractivity contribution in [3.8, 4) is 0 Å². The van der Waals surface area contributed by atoms with Crippen molar-refractivity contribution in [3.63, 3.8) is 0 Å². The first kappa shape index (κ1) is 13.9. The molecule has 0 saturated heterocycles. The number of halogens is 1. The van der Waals surface area contributed by atoms with Gasteiger partial charge in [0.15, 0.2) is 0 Å². The molecule has 0 fully saturated rings. The van der Waals surface area contributed by atoms with Gasteiger partial charge in [0, 0.05) is 0 Å². The van der Waals surface area contributed by atoms with Crippen LogP contribution in [0.3, 0.4) is 0 Å². The summed E-state index contributed by atoms with van der Waals surface area (Å²) in [6.07, 6.45) is 5.76. The molecule has 0 saturated carbocycles. The average Bonchev–Trinajstić information content (AvgIpc) is 2.63. The van der Waals surface area contributed by atoms with Crippen LogP contribution in [0.4, 0.5) is 0 Å². The van der Waals surface area contributed by atoms with Gasteiger partial charge in [0.05, 0.1) is 0 Å². The molecular formula is C14H17ClZn. The van der Waals surface area contributed by atoms with Gasteiger partial charge in [0.25, 0.3) is 0 Å². The van der Waals surface area contributed by atoms with Gasteiger partial charge in [0.2, 0.25) is 0 Å². The molecule has 0 heterocycles. The Balaban J connectivity index is 0.000000606. The van der Waals surface area contributed by atoms with Crippen molar-refractivity contribution in [2.45, 2.75) is 33.6 Å². The van der Waals surface area contributed by atoms with Gasteiger partial charge in [0.1, 0.15) is 0 Å². The summed E-state index contributed by atoms with van der Waals surface area (Å²) in [7, 11) is 4.76. The Kier molecular flexibility index (Phi) is 5.21. The van der Waals surface area contributed by atoms with E-state index in [0.717, 1.165) is 30.2 Å². The summed E-state index contributed by atoms with van der Waals surface area (Å²) >= 11 is 0.847. The van der Waals surface area contributed by atoms with Crippen molar-refractivity contribution in [1.29, 1.82) is 0 Å². The summed E-state index contributed by atoms with van der Waals surface area (Å²) in [4.78, 5) is 0. The summed E-state index contributed by atoms with van der Waals surface area (Å²) in [5.41, 5.74) is 4.49. The fourth-order valence-electron chi connectivity index (χ4n) is 1.91. The van der Waals surface area contributed by atoms with Crippen LogP contribution in [0.5, 0.6) is 0 Å². The molecule has 0 N–H and O–H groups in total. The molecule has 0 aromatic heterocycles. The van der Waals surface area contributed by atoms with E-state index in [1.165, 1.54) is 16.7 Å². The Hall–Kier alpha value is -0.127.